The lowest BCUT2D eigenvalue weighted by molar-refractivity contribution is 0.0936. The second kappa shape index (κ2) is 10.7. The van der Waals surface area contributed by atoms with Crippen LogP contribution in [-0.4, -0.2) is 50.4 Å². The summed E-state index contributed by atoms with van der Waals surface area (Å²) >= 11 is 0. The summed E-state index contributed by atoms with van der Waals surface area (Å²) in [6.45, 7) is 2.24. The molecule has 2 aromatic rings. The average Bonchev–Trinajstić information content (AvgIpc) is 2.68. The van der Waals surface area contributed by atoms with Gasteiger partial charge in [0.1, 0.15) is 25.1 Å². The third-order valence-electron chi connectivity index (χ3n) is 3.59. The van der Waals surface area contributed by atoms with E-state index in [-0.39, 0.29) is 30.1 Å². The highest BCUT2D eigenvalue weighted by Gasteiger charge is 2.20. The normalized spacial score (nSPS) is 15.6. The number of rotatable bonds is 6. The Hall–Kier alpha value is -2.23. The van der Waals surface area contributed by atoms with Crippen molar-refractivity contribution in [1.29, 1.82) is 0 Å². The molecule has 1 aromatic carbocycles. The minimum Gasteiger partial charge on any atom is -0.490 e. The molecule has 0 spiro atoms. The van der Waals surface area contributed by atoms with Crippen LogP contribution in [0, 0.1) is 0 Å². The maximum absolute atomic E-state index is 5.91. The maximum Gasteiger partial charge on any atom is 0.191 e. The first-order valence-electron chi connectivity index (χ1n) is 8.21. The van der Waals surface area contributed by atoms with Crippen molar-refractivity contribution in [3.05, 3.63) is 48.8 Å². The van der Waals surface area contributed by atoms with E-state index in [0.717, 1.165) is 17.2 Å². The van der Waals surface area contributed by atoms with E-state index >= 15 is 0 Å². The van der Waals surface area contributed by atoms with Crippen molar-refractivity contribution < 1.29 is 14.2 Å². The van der Waals surface area contributed by atoms with Crippen LogP contribution in [0.4, 0.5) is 0 Å². The molecule has 140 valence electrons. The highest BCUT2D eigenvalue weighted by molar-refractivity contribution is 14.0. The molecule has 2 heterocycles. The number of nitrogens with one attached hydrogen (secondary N) is 2. The number of para-hydroxylation sites is 2. The van der Waals surface area contributed by atoms with Crippen LogP contribution in [-0.2, 0) is 0 Å². The van der Waals surface area contributed by atoms with Gasteiger partial charge in [-0.25, -0.2) is 0 Å². The number of ether oxygens (including phenoxy) is 3. The monoisotopic (exact) mass is 470 g/mol. The molecular weight excluding hydrogens is 447 g/mol. The number of nitrogens with zero attached hydrogens (tertiary/aromatic N) is 2. The second-order valence-electron chi connectivity index (χ2n) is 5.41. The molecule has 0 aliphatic carbocycles. The Kier molecular flexibility index (Phi) is 8.26. The molecule has 0 fully saturated rings. The molecule has 1 aliphatic rings. The summed E-state index contributed by atoms with van der Waals surface area (Å²) < 4.78 is 17.2. The zero-order valence-electron chi connectivity index (χ0n) is 14.6. The summed E-state index contributed by atoms with van der Waals surface area (Å²) in [7, 11) is 1.73. The lowest BCUT2D eigenvalue weighted by Gasteiger charge is -2.27. The lowest BCUT2D eigenvalue weighted by atomic mass is 10.2. The zero-order chi connectivity index (χ0) is 17.3. The summed E-state index contributed by atoms with van der Waals surface area (Å²) in [6, 6.07) is 11.4. The first kappa shape index (κ1) is 20.1. The maximum atomic E-state index is 5.91. The van der Waals surface area contributed by atoms with Crippen LogP contribution in [0.25, 0.3) is 0 Å². The van der Waals surface area contributed by atoms with Gasteiger partial charge >= 0.3 is 0 Å². The first-order valence-corrected chi connectivity index (χ1v) is 8.21. The van der Waals surface area contributed by atoms with Crippen LogP contribution < -0.4 is 24.8 Å². The van der Waals surface area contributed by atoms with Gasteiger partial charge < -0.3 is 24.8 Å². The van der Waals surface area contributed by atoms with Crippen molar-refractivity contribution in [3.8, 4) is 17.2 Å². The van der Waals surface area contributed by atoms with Crippen molar-refractivity contribution in [3.63, 3.8) is 0 Å². The molecule has 2 N–H and O–H groups in total. The summed E-state index contributed by atoms with van der Waals surface area (Å²) in [5, 5.41) is 6.43. The number of guanidine groups is 1. The molecule has 8 heteroatoms. The van der Waals surface area contributed by atoms with Crippen LogP contribution in [0.3, 0.4) is 0 Å². The van der Waals surface area contributed by atoms with Gasteiger partial charge in [0, 0.05) is 13.2 Å². The van der Waals surface area contributed by atoms with E-state index in [2.05, 4.69) is 20.6 Å². The third-order valence-corrected chi connectivity index (χ3v) is 3.59. The van der Waals surface area contributed by atoms with E-state index in [1.165, 1.54) is 0 Å². The summed E-state index contributed by atoms with van der Waals surface area (Å²) in [4.78, 5) is 8.20. The summed E-state index contributed by atoms with van der Waals surface area (Å²) in [6.07, 6.45) is 3.33. The van der Waals surface area contributed by atoms with E-state index in [0.29, 0.717) is 32.3 Å². The van der Waals surface area contributed by atoms with Crippen LogP contribution in [0.2, 0.25) is 0 Å². The third kappa shape index (κ3) is 5.94. The molecule has 0 bridgehead atoms. The molecule has 0 amide bonds. The van der Waals surface area contributed by atoms with Crippen molar-refractivity contribution >= 4 is 29.9 Å². The molecule has 0 radical (unpaired) electrons. The largest absolute Gasteiger partial charge is 0.490 e. The molecule has 1 aliphatic heterocycles. The standard InChI is InChI=1S/C18H22N4O3.HI/c1-19-18(21-9-10-23-14-5-4-8-20-11-14)22-12-15-13-24-16-6-2-3-7-17(16)25-15;/h2-8,11,15H,9-10,12-13H2,1H3,(H2,19,21,22);1H. The number of aliphatic imine (C=N–C) groups is 1. The lowest BCUT2D eigenvalue weighted by Crippen LogP contribution is -2.46. The predicted molar refractivity (Wildman–Crippen MR) is 111 cm³/mol. The fraction of sp³-hybridized carbons (Fsp3) is 0.333. The van der Waals surface area contributed by atoms with E-state index in [1.54, 1.807) is 19.4 Å². The molecule has 1 atom stereocenters. The Balaban J connectivity index is 0.00000243. The van der Waals surface area contributed by atoms with Gasteiger partial charge in [-0.2, -0.15) is 0 Å². The Labute approximate surface area is 170 Å². The Morgan fingerprint density at radius 3 is 2.85 bits per heavy atom. The van der Waals surface area contributed by atoms with E-state index in [9.17, 15) is 0 Å². The van der Waals surface area contributed by atoms with Gasteiger partial charge in [-0.3, -0.25) is 9.98 Å². The van der Waals surface area contributed by atoms with E-state index in [1.807, 2.05) is 36.4 Å². The number of benzene rings is 1. The van der Waals surface area contributed by atoms with Crippen LogP contribution in [0.5, 0.6) is 17.2 Å². The SMILES string of the molecule is CN=C(NCCOc1cccnc1)NCC1COc2ccccc2O1.I. The smallest absolute Gasteiger partial charge is 0.191 e. The minimum absolute atomic E-state index is 0. The van der Waals surface area contributed by atoms with Gasteiger partial charge in [0.15, 0.2) is 17.5 Å². The Morgan fingerprint density at radius 1 is 1.23 bits per heavy atom. The number of aromatic nitrogens is 1. The minimum atomic E-state index is -0.0694. The van der Waals surface area contributed by atoms with Gasteiger partial charge in [0.25, 0.3) is 0 Å². The van der Waals surface area contributed by atoms with Crippen molar-refractivity contribution in [2.75, 3.05) is 33.4 Å². The molecule has 0 saturated heterocycles. The first-order chi connectivity index (χ1) is 12.3. The number of fused-ring (bicyclic) bond motifs is 1. The number of halogens is 1. The molecule has 1 aromatic heterocycles. The number of hydrogen-bond donors (Lipinski definition) is 2. The van der Waals surface area contributed by atoms with E-state index < -0.39 is 0 Å². The molecule has 1 unspecified atom stereocenters. The topological polar surface area (TPSA) is 77.0 Å². The van der Waals surface area contributed by atoms with Crippen molar-refractivity contribution in [2.24, 2.45) is 4.99 Å². The fourth-order valence-electron chi connectivity index (χ4n) is 2.37. The number of hydrogen-bond acceptors (Lipinski definition) is 5. The summed E-state index contributed by atoms with van der Waals surface area (Å²) in [5.41, 5.74) is 0. The fourth-order valence-corrected chi connectivity index (χ4v) is 2.37. The number of pyridine rings is 1. The van der Waals surface area contributed by atoms with Crippen LogP contribution in [0.15, 0.2) is 53.8 Å². The van der Waals surface area contributed by atoms with Crippen molar-refractivity contribution in [1.82, 2.24) is 15.6 Å². The quantitative estimate of drug-likeness (QED) is 0.292. The zero-order valence-corrected chi connectivity index (χ0v) is 16.9. The molecule has 0 saturated carbocycles. The van der Waals surface area contributed by atoms with Gasteiger partial charge in [-0.05, 0) is 24.3 Å². The molecular formula is C18H23IN4O3. The van der Waals surface area contributed by atoms with Crippen molar-refractivity contribution in [2.45, 2.75) is 6.10 Å². The average molecular weight is 470 g/mol. The Morgan fingerprint density at radius 2 is 2.08 bits per heavy atom. The van der Waals surface area contributed by atoms with Crippen LogP contribution in [0.1, 0.15) is 0 Å². The van der Waals surface area contributed by atoms with Gasteiger partial charge in [-0.15, -0.1) is 24.0 Å². The summed E-state index contributed by atoms with van der Waals surface area (Å²) in [5.74, 6) is 3.00. The molecule has 26 heavy (non-hydrogen) atoms. The highest BCUT2D eigenvalue weighted by Crippen LogP contribution is 2.30. The predicted octanol–water partition coefficient (Wildman–Crippen LogP) is 2.08. The van der Waals surface area contributed by atoms with E-state index in [4.69, 9.17) is 14.2 Å². The molecule has 3 rings (SSSR count). The van der Waals surface area contributed by atoms with Gasteiger partial charge in [-0.1, -0.05) is 12.1 Å². The van der Waals surface area contributed by atoms with Gasteiger partial charge in [0.2, 0.25) is 0 Å². The Bertz CT molecular complexity index is 700. The second-order valence-corrected chi connectivity index (χ2v) is 5.41. The molecule has 7 nitrogen and oxygen atoms in total. The van der Waals surface area contributed by atoms with Crippen LogP contribution >= 0.6 is 24.0 Å². The highest BCUT2D eigenvalue weighted by atomic mass is 127. The van der Waals surface area contributed by atoms with Gasteiger partial charge in [0.05, 0.1) is 19.3 Å².